The highest BCUT2D eigenvalue weighted by Crippen LogP contribution is 2.37. The van der Waals surface area contributed by atoms with Gasteiger partial charge in [0.15, 0.2) is 17.2 Å². The maximum absolute atomic E-state index is 15.4. The Bertz CT molecular complexity index is 2140. The Morgan fingerprint density at radius 3 is 2.53 bits per heavy atom. The third-order valence-corrected chi connectivity index (χ3v) is 7.94. The van der Waals surface area contributed by atoms with Crippen LogP contribution < -0.4 is 15.9 Å². The molecule has 1 aliphatic rings. The summed E-state index contributed by atoms with van der Waals surface area (Å²) in [6.07, 6.45) is 2.44. The molecule has 3 aromatic carbocycles. The fraction of sp³-hybridized carbons (Fsp3) is 0.212. The van der Waals surface area contributed by atoms with E-state index in [4.69, 9.17) is 24.7 Å². The molecule has 0 bridgehead atoms. The molecule has 0 radical (unpaired) electrons. The number of benzene rings is 3. The molecule has 12 heteroatoms. The Kier molecular flexibility index (Phi) is 7.20. The SMILES string of the molecule is CC(c1oc2cccc(F)c2c(=O)c1-c1cccc(F)c1)n1nc(-c2ccc(OC3CCOCC3)c(F)c2)c2c(N)ncnc21. The van der Waals surface area contributed by atoms with E-state index in [1.807, 2.05) is 0 Å². The summed E-state index contributed by atoms with van der Waals surface area (Å²) < 4.78 is 63.5. The smallest absolute Gasteiger partial charge is 0.203 e. The molecule has 4 heterocycles. The number of rotatable bonds is 6. The Morgan fingerprint density at radius 2 is 1.76 bits per heavy atom. The summed E-state index contributed by atoms with van der Waals surface area (Å²) in [7, 11) is 0. The first-order chi connectivity index (χ1) is 21.8. The number of fused-ring (bicyclic) bond motifs is 2. The maximum atomic E-state index is 15.4. The second-order valence-electron chi connectivity index (χ2n) is 10.8. The van der Waals surface area contributed by atoms with Crippen LogP contribution in [0.2, 0.25) is 0 Å². The zero-order chi connectivity index (χ0) is 31.2. The number of aromatic nitrogens is 4. The molecule has 7 rings (SSSR count). The average molecular weight is 614 g/mol. The highest BCUT2D eigenvalue weighted by molar-refractivity contribution is 5.98. The van der Waals surface area contributed by atoms with E-state index in [-0.39, 0.29) is 56.9 Å². The van der Waals surface area contributed by atoms with E-state index >= 15 is 4.39 Å². The number of hydrogen-bond donors (Lipinski definition) is 1. The van der Waals surface area contributed by atoms with Crippen LogP contribution in [-0.2, 0) is 4.74 Å². The van der Waals surface area contributed by atoms with Crippen molar-refractivity contribution in [3.05, 3.63) is 100 Å². The Balaban J connectivity index is 1.39. The van der Waals surface area contributed by atoms with E-state index in [9.17, 15) is 13.6 Å². The topological polar surface area (TPSA) is 118 Å². The Hall–Kier alpha value is -5.23. The molecular formula is C33H26F3N5O4. The van der Waals surface area contributed by atoms with Crippen molar-refractivity contribution in [2.45, 2.75) is 31.9 Å². The van der Waals surface area contributed by atoms with Crippen LogP contribution in [-0.4, -0.2) is 39.1 Å². The Labute approximate surface area is 254 Å². The predicted molar refractivity (Wildman–Crippen MR) is 161 cm³/mol. The van der Waals surface area contributed by atoms with Crippen molar-refractivity contribution in [3.63, 3.8) is 0 Å². The third kappa shape index (κ3) is 5.06. The van der Waals surface area contributed by atoms with E-state index in [0.29, 0.717) is 37.0 Å². The van der Waals surface area contributed by atoms with Gasteiger partial charge in [0.25, 0.3) is 0 Å². The largest absolute Gasteiger partial charge is 0.487 e. The van der Waals surface area contributed by atoms with Crippen molar-refractivity contribution in [2.24, 2.45) is 0 Å². The van der Waals surface area contributed by atoms with Crippen LogP contribution in [0.1, 0.15) is 31.6 Å². The summed E-state index contributed by atoms with van der Waals surface area (Å²) >= 11 is 0. The van der Waals surface area contributed by atoms with Gasteiger partial charge >= 0.3 is 0 Å². The molecule has 0 aliphatic carbocycles. The molecule has 2 N–H and O–H groups in total. The highest BCUT2D eigenvalue weighted by atomic mass is 19.1. The van der Waals surface area contributed by atoms with Crippen LogP contribution in [0.3, 0.4) is 0 Å². The van der Waals surface area contributed by atoms with E-state index in [2.05, 4.69) is 9.97 Å². The van der Waals surface area contributed by atoms with Crippen molar-refractivity contribution in [1.82, 2.24) is 19.7 Å². The molecule has 0 saturated carbocycles. The molecule has 0 amide bonds. The van der Waals surface area contributed by atoms with Crippen LogP contribution in [0, 0.1) is 17.5 Å². The first-order valence-corrected chi connectivity index (χ1v) is 14.3. The van der Waals surface area contributed by atoms with Gasteiger partial charge in [0.1, 0.15) is 58.3 Å². The normalized spacial score (nSPS) is 14.7. The number of nitrogens with two attached hydrogens (primary N) is 1. The molecular weight excluding hydrogens is 587 g/mol. The lowest BCUT2D eigenvalue weighted by molar-refractivity contribution is 0.0240. The van der Waals surface area contributed by atoms with Crippen molar-refractivity contribution in [3.8, 4) is 28.1 Å². The maximum Gasteiger partial charge on any atom is 0.203 e. The first kappa shape index (κ1) is 28.5. The lowest BCUT2D eigenvalue weighted by Gasteiger charge is -2.23. The van der Waals surface area contributed by atoms with Crippen molar-refractivity contribution in [2.75, 3.05) is 18.9 Å². The minimum Gasteiger partial charge on any atom is -0.487 e. The van der Waals surface area contributed by atoms with Crippen LogP contribution in [0.5, 0.6) is 5.75 Å². The molecule has 9 nitrogen and oxygen atoms in total. The van der Waals surface area contributed by atoms with Gasteiger partial charge < -0.3 is 19.6 Å². The molecule has 228 valence electrons. The quantitative estimate of drug-likeness (QED) is 0.228. The summed E-state index contributed by atoms with van der Waals surface area (Å²) in [4.78, 5) is 22.3. The molecule has 1 unspecified atom stereocenters. The fourth-order valence-electron chi connectivity index (χ4n) is 5.72. The van der Waals surface area contributed by atoms with Crippen LogP contribution in [0.25, 0.3) is 44.4 Å². The summed E-state index contributed by atoms with van der Waals surface area (Å²) in [5.41, 5.74) is 6.75. The molecule has 1 atom stereocenters. The summed E-state index contributed by atoms with van der Waals surface area (Å²) in [5, 5.41) is 4.85. The molecule has 1 saturated heterocycles. The minimum absolute atomic E-state index is 0.00927. The van der Waals surface area contributed by atoms with E-state index in [0.717, 1.165) is 6.07 Å². The minimum atomic E-state index is -0.852. The predicted octanol–water partition coefficient (Wildman–Crippen LogP) is 6.43. The molecule has 1 fully saturated rings. The summed E-state index contributed by atoms with van der Waals surface area (Å²) in [6.45, 7) is 2.81. The van der Waals surface area contributed by atoms with Gasteiger partial charge in [0.05, 0.1) is 24.2 Å². The van der Waals surface area contributed by atoms with Crippen LogP contribution in [0.4, 0.5) is 19.0 Å². The van der Waals surface area contributed by atoms with Gasteiger partial charge in [-0.3, -0.25) is 4.79 Å². The van der Waals surface area contributed by atoms with Crippen molar-refractivity contribution < 1.29 is 27.1 Å². The first-order valence-electron chi connectivity index (χ1n) is 14.3. The van der Waals surface area contributed by atoms with E-state index < -0.39 is 28.9 Å². The lowest BCUT2D eigenvalue weighted by atomic mass is 9.99. The summed E-state index contributed by atoms with van der Waals surface area (Å²) in [6, 6.07) is 13.1. The second-order valence-corrected chi connectivity index (χ2v) is 10.8. The number of anilines is 1. The number of halogens is 3. The van der Waals surface area contributed by atoms with Gasteiger partial charge in [0, 0.05) is 18.4 Å². The zero-order valence-corrected chi connectivity index (χ0v) is 24.0. The zero-order valence-electron chi connectivity index (χ0n) is 24.0. The van der Waals surface area contributed by atoms with Crippen molar-refractivity contribution >= 4 is 27.8 Å². The van der Waals surface area contributed by atoms with Gasteiger partial charge in [-0.15, -0.1) is 0 Å². The third-order valence-electron chi connectivity index (χ3n) is 7.94. The van der Waals surface area contributed by atoms with Gasteiger partial charge in [-0.1, -0.05) is 18.2 Å². The second kappa shape index (κ2) is 11.4. The molecule has 45 heavy (non-hydrogen) atoms. The van der Waals surface area contributed by atoms with Crippen LogP contribution >= 0.6 is 0 Å². The van der Waals surface area contributed by atoms with E-state index in [1.54, 1.807) is 13.0 Å². The number of nitrogens with zero attached hydrogens (tertiary/aromatic N) is 4. The molecule has 1 aliphatic heterocycles. The molecule has 3 aromatic heterocycles. The van der Waals surface area contributed by atoms with Gasteiger partial charge in [0.2, 0.25) is 5.43 Å². The molecule has 6 aromatic rings. The molecule has 0 spiro atoms. The van der Waals surface area contributed by atoms with Crippen molar-refractivity contribution in [1.29, 1.82) is 0 Å². The number of nitrogen functional groups attached to an aromatic ring is 1. The fourth-order valence-corrected chi connectivity index (χ4v) is 5.72. The van der Waals surface area contributed by atoms with Crippen LogP contribution in [0.15, 0.2) is 76.2 Å². The Morgan fingerprint density at radius 1 is 0.956 bits per heavy atom. The summed E-state index contributed by atoms with van der Waals surface area (Å²) in [5.74, 6) is -1.64. The van der Waals surface area contributed by atoms with Gasteiger partial charge in [-0.2, -0.15) is 5.10 Å². The average Bonchev–Trinajstić information content (AvgIpc) is 3.43. The lowest BCUT2D eigenvalue weighted by Crippen LogP contribution is -2.26. The van der Waals surface area contributed by atoms with Gasteiger partial charge in [-0.25, -0.2) is 27.8 Å². The monoisotopic (exact) mass is 613 g/mol. The van der Waals surface area contributed by atoms with Gasteiger partial charge in [-0.05, 0) is 55.0 Å². The van der Waals surface area contributed by atoms with E-state index in [1.165, 1.54) is 59.5 Å². The highest BCUT2D eigenvalue weighted by Gasteiger charge is 2.28. The number of ether oxygens (including phenoxy) is 2. The standard InChI is InChI=1S/C33H26F3N5O4/c1-17(31-26(18-4-2-5-20(34)14-18)30(42)27-22(35)6-3-7-25(27)45-31)41-33-28(32(37)38-16-39-33)29(40-41)19-8-9-24(23(36)15-19)44-21-10-12-43-13-11-21/h2-9,14-17,21H,10-13H2,1H3,(H2,37,38,39). The number of hydrogen-bond acceptors (Lipinski definition) is 8.